The van der Waals surface area contributed by atoms with Crippen molar-refractivity contribution >= 4 is 40.7 Å². The summed E-state index contributed by atoms with van der Waals surface area (Å²) in [6.45, 7) is 2.94. The maximum Gasteiger partial charge on any atom is 0.221 e. The number of amides is 1. The van der Waals surface area contributed by atoms with Gasteiger partial charge in [0.1, 0.15) is 11.2 Å². The van der Waals surface area contributed by atoms with E-state index in [9.17, 15) is 19.2 Å². The molecule has 2 aliphatic heterocycles. The number of methoxy groups -OCH3 is 1. The second-order valence-corrected chi connectivity index (χ2v) is 10.0. The highest BCUT2D eigenvalue weighted by Gasteiger charge is 2.71. The van der Waals surface area contributed by atoms with E-state index >= 15 is 0 Å². The lowest BCUT2D eigenvalue weighted by atomic mass is 9.64. The molecule has 1 spiro atoms. The van der Waals surface area contributed by atoms with Gasteiger partial charge >= 0.3 is 0 Å². The van der Waals surface area contributed by atoms with Gasteiger partial charge in [-0.05, 0) is 36.8 Å². The Labute approximate surface area is 220 Å². The van der Waals surface area contributed by atoms with Gasteiger partial charge in [-0.3, -0.25) is 19.2 Å². The number of nitrogens with zero attached hydrogens (tertiary/aromatic N) is 1. The van der Waals surface area contributed by atoms with Crippen LogP contribution in [0.25, 0.3) is 6.08 Å². The summed E-state index contributed by atoms with van der Waals surface area (Å²) in [7, 11) is 1.57. The topological polar surface area (TPSA) is 92.8 Å². The second kappa shape index (κ2) is 8.52. The molecule has 1 N–H and O–H groups in total. The van der Waals surface area contributed by atoms with Crippen LogP contribution in [0.5, 0.6) is 5.75 Å². The van der Waals surface area contributed by atoms with Gasteiger partial charge in [-0.1, -0.05) is 54.6 Å². The number of carbonyl (C=O) groups is 4. The summed E-state index contributed by atoms with van der Waals surface area (Å²) >= 11 is 0. The first-order chi connectivity index (χ1) is 18.3. The summed E-state index contributed by atoms with van der Waals surface area (Å²) in [5.41, 5.74) is 1.95. The lowest BCUT2D eigenvalue weighted by Crippen LogP contribution is -2.48. The fourth-order valence-corrected chi connectivity index (χ4v) is 6.64. The van der Waals surface area contributed by atoms with Crippen molar-refractivity contribution in [2.24, 2.45) is 5.41 Å². The van der Waals surface area contributed by atoms with E-state index in [1.807, 2.05) is 35.3 Å². The van der Waals surface area contributed by atoms with E-state index in [0.717, 1.165) is 5.56 Å². The van der Waals surface area contributed by atoms with Crippen molar-refractivity contribution in [2.75, 3.05) is 17.3 Å². The molecule has 6 rings (SSSR count). The summed E-state index contributed by atoms with van der Waals surface area (Å²) < 4.78 is 5.35. The van der Waals surface area contributed by atoms with Gasteiger partial charge in [-0.15, -0.1) is 0 Å². The number of hydrogen-bond donors (Lipinski definition) is 1. The standard InChI is InChI=1S/C31H26N2O5/c1-17(34)28-27(19-11-13-20(38-3)14-12-19)31(29(36)21-7-4-5-8-22(21)30(31)37)26-16-15-23-24(32-18(2)35)9-6-10-25(23)33(26)28/h4-16,26-28H,1-3H3,(H,32,35)/t26-,27+,28+/m1/s1. The van der Waals surface area contributed by atoms with Gasteiger partial charge < -0.3 is 15.0 Å². The molecule has 7 heteroatoms. The fraction of sp³-hybridized carbons (Fsp3) is 0.226. The number of anilines is 2. The Morgan fingerprint density at radius 1 is 0.895 bits per heavy atom. The van der Waals surface area contributed by atoms with Crippen LogP contribution in [-0.4, -0.2) is 42.5 Å². The molecule has 38 heavy (non-hydrogen) atoms. The zero-order valence-corrected chi connectivity index (χ0v) is 21.2. The molecule has 2 heterocycles. The van der Waals surface area contributed by atoms with E-state index in [2.05, 4.69) is 5.32 Å². The number of nitrogens with one attached hydrogen (secondary N) is 1. The first-order valence-corrected chi connectivity index (χ1v) is 12.5. The Morgan fingerprint density at radius 3 is 2.13 bits per heavy atom. The van der Waals surface area contributed by atoms with Crippen molar-refractivity contribution < 1.29 is 23.9 Å². The number of benzene rings is 3. The summed E-state index contributed by atoms with van der Waals surface area (Å²) in [6.07, 6.45) is 3.69. The summed E-state index contributed by atoms with van der Waals surface area (Å²) in [6, 6.07) is 18.1. The third-order valence-corrected chi connectivity index (χ3v) is 8.05. The van der Waals surface area contributed by atoms with Crippen molar-refractivity contribution in [3.05, 3.63) is 95.1 Å². The van der Waals surface area contributed by atoms with Crippen molar-refractivity contribution in [1.29, 1.82) is 0 Å². The average Bonchev–Trinajstić information content (AvgIpc) is 3.35. The van der Waals surface area contributed by atoms with Crippen LogP contribution < -0.4 is 15.0 Å². The lowest BCUT2D eigenvalue weighted by Gasteiger charge is -2.37. The smallest absolute Gasteiger partial charge is 0.221 e. The monoisotopic (exact) mass is 506 g/mol. The molecule has 190 valence electrons. The first-order valence-electron chi connectivity index (χ1n) is 12.5. The van der Waals surface area contributed by atoms with Gasteiger partial charge in [0.25, 0.3) is 0 Å². The Balaban J connectivity index is 1.64. The Morgan fingerprint density at radius 2 is 1.55 bits per heavy atom. The maximum atomic E-state index is 14.4. The van der Waals surface area contributed by atoms with Gasteiger partial charge in [-0.25, -0.2) is 0 Å². The molecular weight excluding hydrogens is 480 g/mol. The number of ketones is 3. The number of hydrogen-bond acceptors (Lipinski definition) is 6. The van der Waals surface area contributed by atoms with E-state index in [-0.39, 0.29) is 23.3 Å². The van der Waals surface area contributed by atoms with Crippen molar-refractivity contribution in [1.82, 2.24) is 0 Å². The van der Waals surface area contributed by atoms with Crippen LogP contribution in [0.3, 0.4) is 0 Å². The Hall–Kier alpha value is -4.52. The van der Waals surface area contributed by atoms with Crippen LogP contribution >= 0.6 is 0 Å². The van der Waals surface area contributed by atoms with E-state index in [0.29, 0.717) is 33.8 Å². The largest absolute Gasteiger partial charge is 0.497 e. The molecule has 3 aliphatic rings. The SMILES string of the molecule is COc1ccc([C@H]2[C@H](C(C)=O)N3c4cccc(NC(C)=O)c4C=C[C@@H]3C23C(=O)c2ccccc2C3=O)cc1. The third kappa shape index (κ3) is 3.08. The molecule has 0 unspecified atom stereocenters. The number of ether oxygens (including phenoxy) is 1. The molecule has 3 atom stereocenters. The first kappa shape index (κ1) is 23.9. The minimum Gasteiger partial charge on any atom is -0.497 e. The fourth-order valence-electron chi connectivity index (χ4n) is 6.64. The van der Waals surface area contributed by atoms with E-state index in [1.54, 1.807) is 55.6 Å². The average molecular weight is 507 g/mol. The van der Waals surface area contributed by atoms with Crippen LogP contribution in [0.15, 0.2) is 72.8 Å². The number of rotatable bonds is 4. The summed E-state index contributed by atoms with van der Waals surface area (Å²) in [4.78, 5) is 56.2. The van der Waals surface area contributed by atoms with Crippen LogP contribution in [0.1, 0.15) is 51.6 Å². The molecule has 0 radical (unpaired) electrons. The minimum absolute atomic E-state index is 0.157. The van der Waals surface area contributed by atoms with Crippen LogP contribution in [0.4, 0.5) is 11.4 Å². The molecule has 0 bridgehead atoms. The van der Waals surface area contributed by atoms with E-state index in [1.165, 1.54) is 13.8 Å². The molecule has 1 amide bonds. The predicted molar refractivity (Wildman–Crippen MR) is 144 cm³/mol. The number of Topliss-reactive ketones (excluding diaryl/α,β-unsaturated/α-hetero) is 3. The molecule has 1 saturated heterocycles. The van der Waals surface area contributed by atoms with Crippen molar-refractivity contribution in [3.63, 3.8) is 0 Å². The zero-order valence-electron chi connectivity index (χ0n) is 21.2. The maximum absolute atomic E-state index is 14.4. The third-order valence-electron chi connectivity index (χ3n) is 8.05. The van der Waals surface area contributed by atoms with Crippen LogP contribution in [-0.2, 0) is 9.59 Å². The highest BCUT2D eigenvalue weighted by Crippen LogP contribution is 2.61. The van der Waals surface area contributed by atoms with Crippen LogP contribution in [0.2, 0.25) is 0 Å². The highest BCUT2D eigenvalue weighted by atomic mass is 16.5. The normalized spacial score (nSPS) is 22.2. The van der Waals surface area contributed by atoms with E-state index < -0.39 is 23.4 Å². The number of carbonyl (C=O) groups excluding carboxylic acids is 4. The molecule has 3 aromatic rings. The second-order valence-electron chi connectivity index (χ2n) is 10.0. The summed E-state index contributed by atoms with van der Waals surface area (Å²) in [5.74, 6) is -1.04. The lowest BCUT2D eigenvalue weighted by molar-refractivity contribution is -0.118. The zero-order chi connectivity index (χ0) is 26.8. The molecular formula is C31H26N2O5. The molecule has 1 fully saturated rings. The molecule has 0 saturated carbocycles. The van der Waals surface area contributed by atoms with Crippen LogP contribution in [0, 0.1) is 5.41 Å². The molecule has 1 aliphatic carbocycles. The van der Waals surface area contributed by atoms with E-state index in [4.69, 9.17) is 4.74 Å². The van der Waals surface area contributed by atoms with Gasteiger partial charge in [0, 0.05) is 35.2 Å². The van der Waals surface area contributed by atoms with Gasteiger partial charge in [0.15, 0.2) is 17.3 Å². The van der Waals surface area contributed by atoms with Gasteiger partial charge in [0.2, 0.25) is 5.91 Å². The minimum atomic E-state index is -1.53. The molecule has 3 aromatic carbocycles. The predicted octanol–water partition coefficient (Wildman–Crippen LogP) is 4.68. The molecule has 7 nitrogen and oxygen atoms in total. The molecule has 0 aromatic heterocycles. The quantitative estimate of drug-likeness (QED) is 0.517. The van der Waals surface area contributed by atoms with Gasteiger partial charge in [-0.2, -0.15) is 0 Å². The highest BCUT2D eigenvalue weighted by molar-refractivity contribution is 6.32. The summed E-state index contributed by atoms with van der Waals surface area (Å²) in [5, 5.41) is 2.86. The van der Waals surface area contributed by atoms with Gasteiger partial charge in [0.05, 0.1) is 24.9 Å². The van der Waals surface area contributed by atoms with Crippen molar-refractivity contribution in [2.45, 2.75) is 31.8 Å². The Bertz CT molecular complexity index is 1520. The number of fused-ring (bicyclic) bond motifs is 5. The Kier molecular flexibility index (Phi) is 5.35. The van der Waals surface area contributed by atoms with Crippen molar-refractivity contribution in [3.8, 4) is 5.75 Å².